The molecule has 4 aromatic rings. The fourth-order valence-corrected chi connectivity index (χ4v) is 5.73. The van der Waals surface area contributed by atoms with E-state index in [1.54, 1.807) is 7.11 Å². The third-order valence-electron chi connectivity index (χ3n) is 7.70. The van der Waals surface area contributed by atoms with Crippen LogP contribution >= 0.6 is 0 Å². The van der Waals surface area contributed by atoms with Gasteiger partial charge in [-0.25, -0.2) is 0 Å². The first-order chi connectivity index (χ1) is 17.0. The van der Waals surface area contributed by atoms with Gasteiger partial charge in [0.25, 0.3) is 0 Å². The number of ether oxygens (including phenoxy) is 1. The molecule has 0 N–H and O–H groups in total. The maximum absolute atomic E-state index is 5.67. The van der Waals surface area contributed by atoms with Crippen molar-refractivity contribution >= 4 is 17.1 Å². The SMILES string of the molecule is COc1cccc(N2C=C3c4ccccc4-c4ccccc4-c4ccc(C)c(C)c4N3[C@@H]2C)c1C. The molecule has 0 radical (unpaired) electrons. The third-order valence-corrected chi connectivity index (χ3v) is 7.70. The number of nitrogens with zero attached hydrogens (tertiary/aromatic N) is 2. The van der Waals surface area contributed by atoms with Crippen LogP contribution in [0.4, 0.5) is 11.4 Å². The molecule has 0 saturated heterocycles. The van der Waals surface area contributed by atoms with Gasteiger partial charge in [0.15, 0.2) is 0 Å². The van der Waals surface area contributed by atoms with E-state index >= 15 is 0 Å². The lowest BCUT2D eigenvalue weighted by atomic mass is 9.86. The monoisotopic (exact) mass is 458 g/mol. The molecule has 3 heteroatoms. The molecule has 0 fully saturated rings. The van der Waals surface area contributed by atoms with Crippen LogP contribution in [0.2, 0.25) is 0 Å². The van der Waals surface area contributed by atoms with E-state index in [9.17, 15) is 0 Å². The van der Waals surface area contributed by atoms with Gasteiger partial charge in [-0.15, -0.1) is 0 Å². The molecule has 1 atom stereocenters. The molecule has 0 bridgehead atoms. The van der Waals surface area contributed by atoms with Gasteiger partial charge in [0.1, 0.15) is 11.9 Å². The van der Waals surface area contributed by atoms with Crippen LogP contribution in [-0.2, 0) is 0 Å². The van der Waals surface area contributed by atoms with Crippen LogP contribution in [0.3, 0.4) is 0 Å². The number of fused-ring (bicyclic) bond motifs is 8. The van der Waals surface area contributed by atoms with Crippen molar-refractivity contribution in [2.45, 2.75) is 33.9 Å². The smallest absolute Gasteiger partial charge is 0.123 e. The Morgan fingerprint density at radius 2 is 1.29 bits per heavy atom. The predicted octanol–water partition coefficient (Wildman–Crippen LogP) is 7.94. The maximum Gasteiger partial charge on any atom is 0.123 e. The number of benzene rings is 4. The van der Waals surface area contributed by atoms with Crippen LogP contribution < -0.4 is 14.5 Å². The molecule has 35 heavy (non-hydrogen) atoms. The lowest BCUT2D eigenvalue weighted by molar-refractivity contribution is 0.411. The van der Waals surface area contributed by atoms with Crippen molar-refractivity contribution in [3.05, 3.63) is 107 Å². The Hall–Kier alpha value is -3.98. The lowest BCUT2D eigenvalue weighted by Crippen LogP contribution is -2.38. The summed E-state index contributed by atoms with van der Waals surface area (Å²) in [6.07, 6.45) is 2.42. The summed E-state index contributed by atoms with van der Waals surface area (Å²) in [6, 6.07) is 28.5. The van der Waals surface area contributed by atoms with Gasteiger partial charge in [-0.3, -0.25) is 0 Å². The van der Waals surface area contributed by atoms with Crippen LogP contribution in [0.1, 0.15) is 29.2 Å². The van der Waals surface area contributed by atoms with Gasteiger partial charge in [-0.2, -0.15) is 0 Å². The van der Waals surface area contributed by atoms with E-state index in [4.69, 9.17) is 4.74 Å². The molecule has 0 unspecified atom stereocenters. The molecule has 6 rings (SSSR count). The summed E-state index contributed by atoms with van der Waals surface area (Å²) in [5.74, 6) is 0.910. The summed E-state index contributed by atoms with van der Waals surface area (Å²) in [5.41, 5.74) is 13.8. The Kier molecular flexibility index (Phi) is 4.96. The number of hydrogen-bond donors (Lipinski definition) is 0. The average molecular weight is 459 g/mol. The van der Waals surface area contributed by atoms with Gasteiger partial charge in [0.05, 0.1) is 18.5 Å². The van der Waals surface area contributed by atoms with Crippen molar-refractivity contribution in [1.29, 1.82) is 0 Å². The largest absolute Gasteiger partial charge is 0.496 e. The Labute approximate surface area is 207 Å². The van der Waals surface area contributed by atoms with Crippen molar-refractivity contribution in [3.63, 3.8) is 0 Å². The topological polar surface area (TPSA) is 15.7 Å². The summed E-state index contributed by atoms with van der Waals surface area (Å²) < 4.78 is 5.67. The van der Waals surface area contributed by atoms with Crippen molar-refractivity contribution < 1.29 is 4.74 Å². The Bertz CT molecular complexity index is 1500. The fraction of sp³-hybridized carbons (Fsp3) is 0.188. The molecular formula is C32H30N2O. The first kappa shape index (κ1) is 21.5. The summed E-state index contributed by atoms with van der Waals surface area (Å²) in [7, 11) is 1.74. The minimum Gasteiger partial charge on any atom is -0.496 e. The van der Waals surface area contributed by atoms with Crippen molar-refractivity contribution in [2.75, 3.05) is 16.9 Å². The van der Waals surface area contributed by atoms with Crippen LogP contribution in [0.5, 0.6) is 5.75 Å². The molecule has 4 aromatic carbocycles. The molecule has 0 aliphatic carbocycles. The van der Waals surface area contributed by atoms with Crippen LogP contribution in [0, 0.1) is 20.8 Å². The molecule has 3 nitrogen and oxygen atoms in total. The van der Waals surface area contributed by atoms with Gasteiger partial charge in [0.2, 0.25) is 0 Å². The highest BCUT2D eigenvalue weighted by atomic mass is 16.5. The summed E-state index contributed by atoms with van der Waals surface area (Å²) in [6.45, 7) is 8.91. The van der Waals surface area contributed by atoms with Gasteiger partial charge in [-0.05, 0) is 67.6 Å². The molecule has 2 heterocycles. The number of anilines is 2. The minimum absolute atomic E-state index is 0.0911. The van der Waals surface area contributed by atoms with Gasteiger partial charge < -0.3 is 14.5 Å². The second-order valence-electron chi connectivity index (χ2n) is 9.52. The number of methoxy groups -OCH3 is 1. The second-order valence-corrected chi connectivity index (χ2v) is 9.52. The lowest BCUT2D eigenvalue weighted by Gasteiger charge is -2.37. The van der Waals surface area contributed by atoms with Crippen molar-refractivity contribution in [2.24, 2.45) is 0 Å². The van der Waals surface area contributed by atoms with Crippen molar-refractivity contribution in [3.8, 4) is 28.0 Å². The molecule has 2 aliphatic rings. The number of aryl methyl sites for hydroxylation is 1. The van der Waals surface area contributed by atoms with E-state index in [0.29, 0.717) is 0 Å². The quantitative estimate of drug-likeness (QED) is 0.303. The van der Waals surface area contributed by atoms with E-state index < -0.39 is 0 Å². The summed E-state index contributed by atoms with van der Waals surface area (Å²) in [4.78, 5) is 4.93. The summed E-state index contributed by atoms with van der Waals surface area (Å²) in [5, 5.41) is 0. The van der Waals surface area contributed by atoms with Crippen LogP contribution in [0.25, 0.3) is 28.0 Å². The molecular weight excluding hydrogens is 428 g/mol. The van der Waals surface area contributed by atoms with E-state index in [0.717, 1.165) is 17.0 Å². The molecule has 174 valence electrons. The minimum atomic E-state index is 0.0911. The first-order valence-electron chi connectivity index (χ1n) is 12.2. The van der Waals surface area contributed by atoms with Gasteiger partial charge >= 0.3 is 0 Å². The highest BCUT2D eigenvalue weighted by Crippen LogP contribution is 2.50. The van der Waals surface area contributed by atoms with Gasteiger partial charge in [0, 0.05) is 28.6 Å². The Morgan fingerprint density at radius 3 is 1.97 bits per heavy atom. The second kappa shape index (κ2) is 8.06. The normalized spacial score (nSPS) is 15.9. The van der Waals surface area contributed by atoms with E-state index in [-0.39, 0.29) is 6.17 Å². The highest BCUT2D eigenvalue weighted by Gasteiger charge is 2.37. The van der Waals surface area contributed by atoms with E-state index in [2.05, 4.69) is 116 Å². The molecule has 0 saturated carbocycles. The zero-order valence-corrected chi connectivity index (χ0v) is 21.0. The Morgan fingerprint density at radius 1 is 0.657 bits per heavy atom. The molecule has 0 amide bonds. The summed E-state index contributed by atoms with van der Waals surface area (Å²) >= 11 is 0. The average Bonchev–Trinajstić information content (AvgIpc) is 3.21. The highest BCUT2D eigenvalue weighted by molar-refractivity contribution is 6.03. The van der Waals surface area contributed by atoms with Crippen LogP contribution in [0.15, 0.2) is 85.1 Å². The standard InChI is InChI=1S/C32H30N2O/c1-20-17-18-28-26-13-7-6-11-24(26)25-12-8-9-14-27(25)30-19-33(23(4)34(30)32(28)21(20)2)29-15-10-16-31(35-5)22(29)3/h6-19,23H,1-5H3/t23-/m1/s1. The molecule has 0 spiro atoms. The zero-order valence-electron chi connectivity index (χ0n) is 21.0. The molecule has 2 aliphatic heterocycles. The van der Waals surface area contributed by atoms with E-state index in [1.165, 1.54) is 50.3 Å². The number of hydrogen-bond acceptors (Lipinski definition) is 3. The van der Waals surface area contributed by atoms with Gasteiger partial charge in [-0.1, -0.05) is 66.7 Å². The first-order valence-corrected chi connectivity index (χ1v) is 12.2. The predicted molar refractivity (Wildman–Crippen MR) is 147 cm³/mol. The Balaban J connectivity index is 1.69. The number of rotatable bonds is 2. The molecule has 0 aromatic heterocycles. The zero-order chi connectivity index (χ0) is 24.3. The van der Waals surface area contributed by atoms with Crippen molar-refractivity contribution in [1.82, 2.24) is 0 Å². The fourth-order valence-electron chi connectivity index (χ4n) is 5.73. The van der Waals surface area contributed by atoms with E-state index in [1.807, 2.05) is 6.07 Å². The van der Waals surface area contributed by atoms with Crippen LogP contribution in [-0.4, -0.2) is 13.3 Å². The maximum atomic E-state index is 5.67. The third kappa shape index (κ3) is 3.11.